The summed E-state index contributed by atoms with van der Waals surface area (Å²) in [6.07, 6.45) is 1.38. The van der Waals surface area contributed by atoms with E-state index in [9.17, 15) is 9.59 Å². The number of ether oxygens (including phenoxy) is 2. The molecule has 86 valence electrons. The Hall–Kier alpha value is -2.11. The average molecular weight is 224 g/mol. The van der Waals surface area contributed by atoms with Crippen LogP contribution in [0.3, 0.4) is 0 Å². The first-order valence-corrected chi connectivity index (χ1v) is 4.59. The second-order valence-corrected chi connectivity index (χ2v) is 2.94. The van der Waals surface area contributed by atoms with E-state index in [1.54, 1.807) is 6.07 Å². The molecule has 6 nitrogen and oxygen atoms in total. The number of hydrogen-bond acceptors (Lipinski definition) is 6. The van der Waals surface area contributed by atoms with E-state index in [4.69, 9.17) is 10.5 Å². The Balaban J connectivity index is 2.41. The van der Waals surface area contributed by atoms with Crippen molar-refractivity contribution in [2.24, 2.45) is 0 Å². The third-order valence-electron chi connectivity index (χ3n) is 1.76. The highest BCUT2D eigenvalue weighted by atomic mass is 16.5. The van der Waals surface area contributed by atoms with Gasteiger partial charge in [0.05, 0.1) is 25.4 Å². The van der Waals surface area contributed by atoms with Gasteiger partial charge in [0.1, 0.15) is 12.3 Å². The second-order valence-electron chi connectivity index (χ2n) is 2.94. The zero-order valence-corrected chi connectivity index (χ0v) is 8.80. The van der Waals surface area contributed by atoms with Crippen LogP contribution in [0.15, 0.2) is 18.3 Å². The number of carbonyl (C=O) groups is 2. The second kappa shape index (κ2) is 5.69. The number of pyridine rings is 1. The van der Waals surface area contributed by atoms with Crippen molar-refractivity contribution >= 4 is 17.6 Å². The van der Waals surface area contributed by atoms with Gasteiger partial charge in [-0.2, -0.15) is 0 Å². The Bertz CT molecular complexity index is 375. The summed E-state index contributed by atoms with van der Waals surface area (Å²) < 4.78 is 9.19. The number of methoxy groups -OCH3 is 1. The molecule has 0 unspecified atom stereocenters. The predicted octanol–water partition coefficient (Wildman–Crippen LogP) is 0.384. The monoisotopic (exact) mass is 224 g/mol. The van der Waals surface area contributed by atoms with E-state index < -0.39 is 11.9 Å². The number of nitrogens with zero attached hydrogens (tertiary/aromatic N) is 1. The predicted molar refractivity (Wildman–Crippen MR) is 55.6 cm³/mol. The maximum absolute atomic E-state index is 11.3. The van der Waals surface area contributed by atoms with Crippen molar-refractivity contribution < 1.29 is 19.1 Å². The Kier molecular flexibility index (Phi) is 4.26. The number of nitrogen functional groups attached to an aromatic ring is 1. The molecule has 0 atom stereocenters. The molecule has 0 spiro atoms. The molecule has 1 aromatic rings. The summed E-state index contributed by atoms with van der Waals surface area (Å²) in [5.41, 5.74) is 6.02. The van der Waals surface area contributed by atoms with Crippen LogP contribution in [0.5, 0.6) is 0 Å². The summed E-state index contributed by atoms with van der Waals surface area (Å²) in [7, 11) is 1.27. The van der Waals surface area contributed by atoms with Crippen LogP contribution in [0.4, 0.5) is 5.69 Å². The van der Waals surface area contributed by atoms with Crippen LogP contribution in [-0.2, 0) is 14.3 Å². The summed E-state index contributed by atoms with van der Waals surface area (Å²) >= 11 is 0. The van der Waals surface area contributed by atoms with Crippen LogP contribution >= 0.6 is 0 Å². The van der Waals surface area contributed by atoms with Crippen LogP contribution in [0.25, 0.3) is 0 Å². The number of anilines is 1. The molecule has 0 fully saturated rings. The lowest BCUT2D eigenvalue weighted by molar-refractivity contribution is -0.141. The normalized spacial score (nSPS) is 9.56. The van der Waals surface area contributed by atoms with Gasteiger partial charge in [-0.15, -0.1) is 0 Å². The van der Waals surface area contributed by atoms with Crippen molar-refractivity contribution in [2.45, 2.75) is 6.42 Å². The van der Waals surface area contributed by atoms with E-state index in [2.05, 4.69) is 9.72 Å². The fourth-order valence-corrected chi connectivity index (χ4v) is 0.929. The zero-order valence-electron chi connectivity index (χ0n) is 8.80. The van der Waals surface area contributed by atoms with Crippen molar-refractivity contribution in [2.75, 3.05) is 19.5 Å². The average Bonchev–Trinajstić information content (AvgIpc) is 2.29. The largest absolute Gasteiger partial charge is 0.469 e. The molecular weight excluding hydrogens is 212 g/mol. The molecule has 0 aliphatic carbocycles. The highest BCUT2D eigenvalue weighted by molar-refractivity contribution is 5.87. The Morgan fingerprint density at radius 1 is 1.44 bits per heavy atom. The van der Waals surface area contributed by atoms with E-state index in [0.29, 0.717) is 5.69 Å². The number of esters is 2. The maximum Gasteiger partial charge on any atom is 0.356 e. The van der Waals surface area contributed by atoms with E-state index in [-0.39, 0.29) is 18.7 Å². The third kappa shape index (κ3) is 3.56. The molecule has 16 heavy (non-hydrogen) atoms. The first-order valence-electron chi connectivity index (χ1n) is 4.59. The van der Waals surface area contributed by atoms with Gasteiger partial charge in [-0.25, -0.2) is 9.78 Å². The van der Waals surface area contributed by atoms with Crippen LogP contribution in [0.2, 0.25) is 0 Å². The molecule has 0 aliphatic rings. The van der Waals surface area contributed by atoms with E-state index in [1.165, 1.54) is 19.4 Å². The highest BCUT2D eigenvalue weighted by Crippen LogP contribution is 2.03. The van der Waals surface area contributed by atoms with Crippen LogP contribution in [0, 0.1) is 0 Å². The van der Waals surface area contributed by atoms with E-state index >= 15 is 0 Å². The lowest BCUT2D eigenvalue weighted by Crippen LogP contribution is -2.12. The molecule has 0 bridgehead atoms. The Morgan fingerprint density at radius 2 is 2.19 bits per heavy atom. The van der Waals surface area contributed by atoms with E-state index in [1.807, 2.05) is 0 Å². The lowest BCUT2D eigenvalue weighted by Gasteiger charge is -2.03. The fraction of sp³-hybridized carbons (Fsp3) is 0.300. The molecule has 0 aliphatic heterocycles. The molecule has 1 heterocycles. The lowest BCUT2D eigenvalue weighted by atomic mass is 10.3. The van der Waals surface area contributed by atoms with Gasteiger partial charge in [-0.1, -0.05) is 0 Å². The molecule has 0 aromatic carbocycles. The van der Waals surface area contributed by atoms with Gasteiger partial charge in [0.25, 0.3) is 0 Å². The smallest absolute Gasteiger partial charge is 0.356 e. The number of nitrogens with two attached hydrogens (primary N) is 1. The molecule has 0 saturated carbocycles. The summed E-state index contributed by atoms with van der Waals surface area (Å²) in [5.74, 6) is -1.03. The molecule has 6 heteroatoms. The number of aromatic nitrogens is 1. The Labute approximate surface area is 92.4 Å². The third-order valence-corrected chi connectivity index (χ3v) is 1.76. The van der Waals surface area contributed by atoms with Crippen molar-refractivity contribution in [1.29, 1.82) is 0 Å². The molecule has 2 N–H and O–H groups in total. The van der Waals surface area contributed by atoms with Gasteiger partial charge in [0.15, 0.2) is 0 Å². The molecular formula is C10H12N2O4. The van der Waals surface area contributed by atoms with Gasteiger partial charge in [-0.3, -0.25) is 4.79 Å². The molecule has 0 amide bonds. The Morgan fingerprint density at radius 3 is 2.75 bits per heavy atom. The SMILES string of the molecule is COC(=O)CCOC(=O)c1ccc(N)cn1. The standard InChI is InChI=1S/C10H12N2O4/c1-15-9(13)4-5-16-10(14)8-3-2-7(11)6-12-8/h2-3,6H,4-5,11H2,1H3. The molecule has 0 radical (unpaired) electrons. The quantitative estimate of drug-likeness (QED) is 0.743. The number of hydrogen-bond donors (Lipinski definition) is 1. The van der Waals surface area contributed by atoms with Crippen LogP contribution in [0.1, 0.15) is 16.9 Å². The minimum Gasteiger partial charge on any atom is -0.469 e. The summed E-state index contributed by atoms with van der Waals surface area (Å²) in [6.45, 7) is -0.0302. The summed E-state index contributed by atoms with van der Waals surface area (Å²) in [5, 5.41) is 0. The van der Waals surface area contributed by atoms with E-state index in [0.717, 1.165) is 0 Å². The van der Waals surface area contributed by atoms with Crippen molar-refractivity contribution in [1.82, 2.24) is 4.98 Å². The summed E-state index contributed by atoms with van der Waals surface area (Å²) in [4.78, 5) is 25.9. The van der Waals surface area contributed by atoms with Crippen LogP contribution in [-0.4, -0.2) is 30.6 Å². The van der Waals surface area contributed by atoms with Gasteiger partial charge in [0, 0.05) is 0 Å². The number of carbonyl (C=O) groups excluding carboxylic acids is 2. The zero-order chi connectivity index (χ0) is 12.0. The first-order chi connectivity index (χ1) is 7.63. The van der Waals surface area contributed by atoms with Gasteiger partial charge < -0.3 is 15.2 Å². The fourth-order valence-electron chi connectivity index (χ4n) is 0.929. The van der Waals surface area contributed by atoms with Crippen molar-refractivity contribution in [3.8, 4) is 0 Å². The minimum absolute atomic E-state index is 0.0250. The highest BCUT2D eigenvalue weighted by Gasteiger charge is 2.09. The van der Waals surface area contributed by atoms with Gasteiger partial charge >= 0.3 is 11.9 Å². The van der Waals surface area contributed by atoms with Crippen molar-refractivity contribution in [3.63, 3.8) is 0 Å². The first kappa shape index (κ1) is 12.0. The molecule has 0 saturated heterocycles. The van der Waals surface area contributed by atoms with Crippen LogP contribution < -0.4 is 5.73 Å². The number of rotatable bonds is 4. The van der Waals surface area contributed by atoms with Gasteiger partial charge in [0.2, 0.25) is 0 Å². The topological polar surface area (TPSA) is 91.5 Å². The van der Waals surface area contributed by atoms with Gasteiger partial charge in [-0.05, 0) is 12.1 Å². The molecule has 1 aromatic heterocycles. The molecule has 1 rings (SSSR count). The summed E-state index contributed by atoms with van der Waals surface area (Å²) in [6, 6.07) is 3.00. The minimum atomic E-state index is -0.594. The van der Waals surface area contributed by atoms with Crippen molar-refractivity contribution in [3.05, 3.63) is 24.0 Å². The maximum atomic E-state index is 11.3.